The fourth-order valence-electron chi connectivity index (χ4n) is 2.28. The molecule has 3 aromatic rings. The number of rotatable bonds is 4. The predicted octanol–water partition coefficient (Wildman–Crippen LogP) is 3.16. The number of fused-ring (bicyclic) bond motifs is 1. The molecule has 0 amide bonds. The fourth-order valence-corrected chi connectivity index (χ4v) is 2.28. The van der Waals surface area contributed by atoms with Crippen LogP contribution >= 0.6 is 0 Å². The fraction of sp³-hybridized carbons (Fsp3) is 0.0625. The van der Waals surface area contributed by atoms with Gasteiger partial charge >= 0.3 is 0 Å². The van der Waals surface area contributed by atoms with Gasteiger partial charge in [0.25, 0.3) is 5.69 Å². The summed E-state index contributed by atoms with van der Waals surface area (Å²) in [6, 6.07) is 10.4. The minimum atomic E-state index is -0.566. The third-order valence-corrected chi connectivity index (χ3v) is 3.46. The summed E-state index contributed by atoms with van der Waals surface area (Å²) in [5.41, 5.74) is 6.55. The van der Waals surface area contributed by atoms with Gasteiger partial charge in [-0.3, -0.25) is 14.9 Å². The molecule has 2 N–H and O–H groups in total. The largest absolute Gasteiger partial charge is 0.497 e. The van der Waals surface area contributed by atoms with Crippen LogP contribution in [-0.4, -0.2) is 17.8 Å². The van der Waals surface area contributed by atoms with Crippen LogP contribution in [0.2, 0.25) is 0 Å². The minimum absolute atomic E-state index is 0.0475. The summed E-state index contributed by atoms with van der Waals surface area (Å²) in [5.74, 6) is 0.00992. The van der Waals surface area contributed by atoms with E-state index in [1.54, 1.807) is 18.2 Å². The zero-order valence-corrected chi connectivity index (χ0v) is 12.1. The predicted molar refractivity (Wildman–Crippen MR) is 83.7 cm³/mol. The van der Waals surface area contributed by atoms with E-state index in [9.17, 15) is 14.9 Å². The number of methoxy groups -OCH3 is 1. The highest BCUT2D eigenvalue weighted by Gasteiger charge is 2.22. The van der Waals surface area contributed by atoms with Crippen LogP contribution in [0, 0.1) is 10.1 Å². The van der Waals surface area contributed by atoms with E-state index in [1.165, 1.54) is 31.4 Å². The lowest BCUT2D eigenvalue weighted by molar-refractivity contribution is -0.384. The van der Waals surface area contributed by atoms with Crippen LogP contribution in [0.15, 0.2) is 46.9 Å². The molecule has 1 aromatic heterocycles. The van der Waals surface area contributed by atoms with Gasteiger partial charge in [0.05, 0.1) is 17.7 Å². The highest BCUT2D eigenvalue weighted by Crippen LogP contribution is 2.32. The molecule has 0 bridgehead atoms. The molecule has 0 saturated heterocycles. The van der Waals surface area contributed by atoms with Crippen molar-refractivity contribution in [2.45, 2.75) is 0 Å². The van der Waals surface area contributed by atoms with E-state index in [4.69, 9.17) is 14.9 Å². The van der Waals surface area contributed by atoms with Crippen molar-refractivity contribution in [3.63, 3.8) is 0 Å². The lowest BCUT2D eigenvalue weighted by Gasteiger charge is -1.99. The number of non-ortho nitro benzene ring substituents is 1. The first-order valence-electron chi connectivity index (χ1n) is 6.66. The summed E-state index contributed by atoms with van der Waals surface area (Å²) in [7, 11) is 1.52. The number of hydrogen-bond donors (Lipinski definition) is 1. The summed E-state index contributed by atoms with van der Waals surface area (Å²) in [6.07, 6.45) is 0. The van der Waals surface area contributed by atoms with Gasteiger partial charge in [-0.05, 0) is 12.1 Å². The van der Waals surface area contributed by atoms with E-state index < -0.39 is 10.7 Å². The number of nitrogen functional groups attached to an aromatic ring is 1. The van der Waals surface area contributed by atoms with Crippen LogP contribution in [0.4, 0.5) is 11.4 Å². The quantitative estimate of drug-likeness (QED) is 0.450. The number of nitro groups is 1. The van der Waals surface area contributed by atoms with E-state index in [1.807, 2.05) is 0 Å². The minimum Gasteiger partial charge on any atom is -0.497 e. The van der Waals surface area contributed by atoms with Crippen molar-refractivity contribution in [2.75, 3.05) is 12.8 Å². The Labute approximate surface area is 130 Å². The van der Waals surface area contributed by atoms with Crippen LogP contribution < -0.4 is 10.5 Å². The van der Waals surface area contributed by atoms with Gasteiger partial charge in [-0.1, -0.05) is 12.1 Å². The molecule has 116 valence electrons. The lowest BCUT2D eigenvalue weighted by Crippen LogP contribution is -2.03. The molecule has 0 spiro atoms. The Hall–Kier alpha value is -3.35. The van der Waals surface area contributed by atoms with E-state index >= 15 is 0 Å². The van der Waals surface area contributed by atoms with Gasteiger partial charge in [-0.25, -0.2) is 0 Å². The molecule has 0 fully saturated rings. The molecule has 2 aromatic carbocycles. The average Bonchev–Trinajstić information content (AvgIpc) is 2.90. The van der Waals surface area contributed by atoms with Crippen molar-refractivity contribution in [3.8, 4) is 5.75 Å². The summed E-state index contributed by atoms with van der Waals surface area (Å²) in [6.45, 7) is 0. The maximum atomic E-state index is 12.5. The van der Waals surface area contributed by atoms with Crippen molar-refractivity contribution in [3.05, 3.63) is 63.9 Å². The summed E-state index contributed by atoms with van der Waals surface area (Å²) < 4.78 is 10.6. The maximum absolute atomic E-state index is 12.5. The van der Waals surface area contributed by atoms with Gasteiger partial charge in [-0.2, -0.15) is 0 Å². The molecule has 0 saturated carbocycles. The molecular weight excluding hydrogens is 300 g/mol. The number of nitro benzene ring substituents is 1. The highest BCUT2D eigenvalue weighted by molar-refractivity contribution is 6.14. The van der Waals surface area contributed by atoms with Crippen molar-refractivity contribution in [1.82, 2.24) is 0 Å². The van der Waals surface area contributed by atoms with Crippen LogP contribution in [0.1, 0.15) is 16.1 Å². The van der Waals surface area contributed by atoms with E-state index in [-0.39, 0.29) is 22.7 Å². The summed E-state index contributed by atoms with van der Waals surface area (Å²) >= 11 is 0. The van der Waals surface area contributed by atoms with E-state index in [0.29, 0.717) is 16.7 Å². The molecule has 0 atom stereocenters. The zero-order chi connectivity index (χ0) is 16.6. The van der Waals surface area contributed by atoms with Crippen LogP contribution in [0.25, 0.3) is 11.0 Å². The lowest BCUT2D eigenvalue weighted by atomic mass is 10.1. The standard InChI is InChI=1S/C16H12N2O5/c1-22-11-5-6-12-13(8-11)23-16(14(12)17)15(19)9-3-2-4-10(7-9)18(20)21/h2-8H,17H2,1H3. The van der Waals surface area contributed by atoms with Crippen molar-refractivity contribution < 1.29 is 18.9 Å². The smallest absolute Gasteiger partial charge is 0.270 e. The molecule has 1 heterocycles. The molecular formula is C16H12N2O5. The number of benzene rings is 2. The Morgan fingerprint density at radius 1 is 1.26 bits per heavy atom. The Kier molecular flexibility index (Phi) is 3.46. The Bertz CT molecular complexity index is 929. The molecule has 0 unspecified atom stereocenters. The topological polar surface area (TPSA) is 109 Å². The maximum Gasteiger partial charge on any atom is 0.270 e. The van der Waals surface area contributed by atoms with Gasteiger partial charge in [0, 0.05) is 29.1 Å². The number of anilines is 1. The number of furan rings is 1. The first-order chi connectivity index (χ1) is 11.0. The van der Waals surface area contributed by atoms with Crippen LogP contribution in [0.3, 0.4) is 0 Å². The van der Waals surface area contributed by atoms with Gasteiger partial charge in [0.1, 0.15) is 11.3 Å². The number of ketones is 1. The first-order valence-corrected chi connectivity index (χ1v) is 6.66. The Balaban J connectivity index is 2.09. The normalized spacial score (nSPS) is 10.7. The van der Waals surface area contributed by atoms with E-state index in [0.717, 1.165) is 0 Å². The summed E-state index contributed by atoms with van der Waals surface area (Å²) in [5, 5.41) is 11.4. The second-order valence-corrected chi connectivity index (χ2v) is 4.84. The molecule has 0 aliphatic carbocycles. The molecule has 7 heteroatoms. The molecule has 23 heavy (non-hydrogen) atoms. The molecule has 0 aliphatic rings. The molecule has 7 nitrogen and oxygen atoms in total. The van der Waals surface area contributed by atoms with Gasteiger partial charge in [0.2, 0.25) is 5.78 Å². The second kappa shape index (κ2) is 5.45. The highest BCUT2D eigenvalue weighted by atomic mass is 16.6. The number of hydrogen-bond acceptors (Lipinski definition) is 6. The number of carbonyl (C=O) groups is 1. The molecule has 0 radical (unpaired) electrons. The molecule has 0 aliphatic heterocycles. The van der Waals surface area contributed by atoms with Crippen molar-refractivity contribution in [2.24, 2.45) is 0 Å². The van der Waals surface area contributed by atoms with Gasteiger partial charge in [-0.15, -0.1) is 0 Å². The number of nitrogens with zero attached hydrogens (tertiary/aromatic N) is 1. The average molecular weight is 312 g/mol. The zero-order valence-electron chi connectivity index (χ0n) is 12.1. The third kappa shape index (κ3) is 2.48. The Morgan fingerprint density at radius 2 is 2.04 bits per heavy atom. The number of ether oxygens (including phenoxy) is 1. The third-order valence-electron chi connectivity index (χ3n) is 3.46. The number of carbonyl (C=O) groups excluding carboxylic acids is 1. The van der Waals surface area contributed by atoms with Crippen molar-refractivity contribution in [1.29, 1.82) is 0 Å². The van der Waals surface area contributed by atoms with Gasteiger partial charge < -0.3 is 14.9 Å². The summed E-state index contributed by atoms with van der Waals surface area (Å²) in [4.78, 5) is 22.8. The number of nitrogens with two attached hydrogens (primary N) is 1. The molecule has 3 rings (SSSR count). The van der Waals surface area contributed by atoms with Gasteiger partial charge in [0.15, 0.2) is 5.76 Å². The van der Waals surface area contributed by atoms with Crippen molar-refractivity contribution >= 4 is 28.1 Å². The van der Waals surface area contributed by atoms with Crippen LogP contribution in [0.5, 0.6) is 5.75 Å². The monoisotopic (exact) mass is 312 g/mol. The van der Waals surface area contributed by atoms with Crippen LogP contribution in [-0.2, 0) is 0 Å². The first kappa shape index (κ1) is 14.6. The van der Waals surface area contributed by atoms with E-state index in [2.05, 4.69) is 0 Å². The Morgan fingerprint density at radius 3 is 2.74 bits per heavy atom. The second-order valence-electron chi connectivity index (χ2n) is 4.84. The SMILES string of the molecule is COc1ccc2c(N)c(C(=O)c3cccc([N+](=O)[O-])c3)oc2c1.